The maximum Gasteiger partial charge on any atom is 6.00 e. The predicted molar refractivity (Wildman–Crippen MR) is 230 cm³/mol. The van der Waals surface area contributed by atoms with Crippen LogP contribution in [0.25, 0.3) is 0 Å². The quantitative estimate of drug-likeness (QED) is 0.0605. The first-order chi connectivity index (χ1) is 28.6. The first-order valence-corrected chi connectivity index (χ1v) is 23.8. The van der Waals surface area contributed by atoms with Crippen molar-refractivity contribution in [3.63, 3.8) is 0 Å². The second-order valence-electron chi connectivity index (χ2n) is 15.2. The molecule has 0 bridgehead atoms. The molecule has 0 N–H and O–H groups in total. The monoisotopic (exact) mass is 1100 g/mol. The molecule has 358 valence electrons. The molecule has 0 aromatic heterocycles. The number of rotatable bonds is 36. The van der Waals surface area contributed by atoms with Crippen molar-refractivity contribution in [2.24, 2.45) is 0 Å². The van der Waals surface area contributed by atoms with E-state index in [1.807, 2.05) is 0 Å². The standard InChI is InChI=1S/6C8H16O2.U/c6*1-2-3-4-5-6-7-8(9)10;/h6*2-7H2,1H3,(H,9,10);/q;;;;;;+6/p-6. The molecule has 61 heavy (non-hydrogen) atoms. The van der Waals surface area contributed by atoms with E-state index in [2.05, 4.69) is 41.5 Å². The zero-order valence-electron chi connectivity index (χ0n) is 39.9. The van der Waals surface area contributed by atoms with E-state index in [-0.39, 0.29) is 69.6 Å². The smallest absolute Gasteiger partial charge is 0.550 e. The van der Waals surface area contributed by atoms with Crippen LogP contribution in [0.1, 0.15) is 273 Å². The van der Waals surface area contributed by atoms with Gasteiger partial charge in [0.15, 0.2) is 0 Å². The number of hydrogen-bond donors (Lipinski definition) is 0. The van der Waals surface area contributed by atoms with E-state index in [9.17, 15) is 59.4 Å². The van der Waals surface area contributed by atoms with E-state index in [1.54, 1.807) is 0 Å². The van der Waals surface area contributed by atoms with Crippen LogP contribution >= 0.6 is 0 Å². The van der Waals surface area contributed by atoms with Gasteiger partial charge < -0.3 is 59.4 Å². The third-order valence-electron chi connectivity index (χ3n) is 8.91. The van der Waals surface area contributed by atoms with Gasteiger partial charge in [0.1, 0.15) is 0 Å². The molecule has 13 heteroatoms. The van der Waals surface area contributed by atoms with E-state index >= 15 is 0 Å². The first-order valence-electron chi connectivity index (χ1n) is 23.8. The Morgan fingerprint density at radius 3 is 0.393 bits per heavy atom. The minimum absolute atomic E-state index is 0. The Morgan fingerprint density at radius 2 is 0.311 bits per heavy atom. The minimum Gasteiger partial charge on any atom is -0.550 e. The average molecular weight is 1100 g/mol. The molecule has 0 atom stereocenters. The molecule has 0 aromatic rings. The predicted octanol–water partition coefficient (Wildman–Crippen LogP) is 6.58. The van der Waals surface area contributed by atoms with Gasteiger partial charge in [0, 0.05) is 35.8 Å². The number of aliphatic carboxylic acids is 6. The van der Waals surface area contributed by atoms with Crippen molar-refractivity contribution in [1.82, 2.24) is 0 Å². The summed E-state index contributed by atoms with van der Waals surface area (Å²) in [5, 5.41) is 59.5. The summed E-state index contributed by atoms with van der Waals surface area (Å²) in [5.74, 6) is -5.52. The largest absolute Gasteiger partial charge is 6.00 e. The molecule has 0 unspecified atom stereocenters. The summed E-state index contributed by atoms with van der Waals surface area (Å²) >= 11 is 0. The van der Waals surface area contributed by atoms with Gasteiger partial charge in [-0.3, -0.25) is 0 Å². The number of carbonyl (C=O) groups excluding carboxylic acids is 6. The Balaban J connectivity index is -0.000000114. The van der Waals surface area contributed by atoms with Crippen molar-refractivity contribution in [1.29, 1.82) is 0 Å². The number of carboxylic acids is 6. The zero-order chi connectivity index (χ0) is 46.9. The maximum absolute atomic E-state index is 9.92. The Labute approximate surface area is 397 Å². The van der Waals surface area contributed by atoms with Gasteiger partial charge >= 0.3 is 31.1 Å². The van der Waals surface area contributed by atoms with Crippen LogP contribution in [0.15, 0.2) is 0 Å². The summed E-state index contributed by atoms with van der Waals surface area (Å²) in [6.07, 6.45) is 33.6. The van der Waals surface area contributed by atoms with E-state index in [0.29, 0.717) is 0 Å². The van der Waals surface area contributed by atoms with Crippen LogP contribution in [-0.2, 0) is 28.8 Å². The summed E-state index contributed by atoms with van der Waals surface area (Å²) in [6.45, 7) is 12.8. The molecule has 12 nitrogen and oxygen atoms in total. The normalized spacial score (nSPS) is 9.54. The van der Waals surface area contributed by atoms with Gasteiger partial charge in [-0.05, 0) is 77.0 Å². The first kappa shape index (κ1) is 73.3. The molecule has 0 fully saturated rings. The molecule has 0 amide bonds. The van der Waals surface area contributed by atoms with Gasteiger partial charge in [-0.25, -0.2) is 0 Å². The molecule has 0 aliphatic rings. The summed E-state index contributed by atoms with van der Waals surface area (Å²) in [6, 6.07) is 0. The summed E-state index contributed by atoms with van der Waals surface area (Å²) < 4.78 is 0. The van der Waals surface area contributed by atoms with Gasteiger partial charge in [0.05, 0.1) is 0 Å². The number of hydrogen-bond acceptors (Lipinski definition) is 12. The molecular formula is C48H90O12U. The van der Waals surface area contributed by atoms with Crippen LogP contribution in [0.4, 0.5) is 0 Å². The second kappa shape index (κ2) is 69.6. The average Bonchev–Trinajstić information content (AvgIpc) is 3.18. The van der Waals surface area contributed by atoms with Gasteiger partial charge in [0.25, 0.3) is 0 Å². The topological polar surface area (TPSA) is 241 Å². The summed E-state index contributed by atoms with van der Waals surface area (Å²) in [4.78, 5) is 59.5. The Morgan fingerprint density at radius 1 is 0.213 bits per heavy atom. The van der Waals surface area contributed by atoms with Crippen molar-refractivity contribution >= 4 is 35.8 Å². The van der Waals surface area contributed by atoms with E-state index in [1.165, 1.54) is 77.0 Å². The molecule has 0 saturated carbocycles. The molecule has 0 rings (SSSR count). The van der Waals surface area contributed by atoms with E-state index in [4.69, 9.17) is 0 Å². The van der Waals surface area contributed by atoms with Crippen molar-refractivity contribution in [3.8, 4) is 0 Å². The molecule has 0 spiro atoms. The summed E-state index contributed by atoms with van der Waals surface area (Å²) in [7, 11) is 0. The number of unbranched alkanes of at least 4 members (excludes halogenated alkanes) is 24. The van der Waals surface area contributed by atoms with Crippen LogP contribution in [0.5, 0.6) is 0 Å². The third kappa shape index (κ3) is 114. The van der Waals surface area contributed by atoms with Crippen LogP contribution in [-0.4, -0.2) is 35.8 Å². The van der Waals surface area contributed by atoms with Gasteiger partial charge in [-0.1, -0.05) is 196 Å². The Bertz CT molecular complexity index is 729. The molecule has 0 aromatic carbocycles. The molecule has 0 aliphatic carbocycles. The molecule has 0 aliphatic heterocycles. The second-order valence-corrected chi connectivity index (χ2v) is 15.2. The van der Waals surface area contributed by atoms with E-state index < -0.39 is 35.8 Å². The van der Waals surface area contributed by atoms with Crippen LogP contribution in [0, 0.1) is 31.1 Å². The van der Waals surface area contributed by atoms with Crippen molar-refractivity contribution < 1.29 is 90.5 Å². The maximum atomic E-state index is 9.92. The van der Waals surface area contributed by atoms with Gasteiger partial charge in [-0.15, -0.1) is 0 Å². The third-order valence-corrected chi connectivity index (χ3v) is 8.91. The SMILES string of the molecule is CCCCCCCC(=O)[O-].CCCCCCCC(=O)[O-].CCCCCCCC(=O)[O-].CCCCCCCC(=O)[O-].CCCCCCCC(=O)[O-].CCCCCCCC(=O)[O-].[U+6]. The number of carboxylic acid groups (broad SMARTS) is 6. The minimum atomic E-state index is -0.920. The van der Waals surface area contributed by atoms with Gasteiger partial charge in [0.2, 0.25) is 0 Å². The summed E-state index contributed by atoms with van der Waals surface area (Å²) in [5.41, 5.74) is 0. The van der Waals surface area contributed by atoms with Crippen LogP contribution in [0.3, 0.4) is 0 Å². The molecule has 0 saturated heterocycles. The fourth-order valence-electron chi connectivity index (χ4n) is 5.24. The van der Waals surface area contributed by atoms with Crippen molar-refractivity contribution in [2.75, 3.05) is 0 Å². The van der Waals surface area contributed by atoms with Crippen LogP contribution < -0.4 is 30.6 Å². The Kier molecular flexibility index (Phi) is 83.6. The van der Waals surface area contributed by atoms with Crippen molar-refractivity contribution in [3.05, 3.63) is 0 Å². The fourth-order valence-corrected chi connectivity index (χ4v) is 5.24. The molecular weight excluding hydrogens is 1010 g/mol. The fraction of sp³-hybridized carbons (Fsp3) is 0.875. The van der Waals surface area contributed by atoms with E-state index in [0.717, 1.165) is 116 Å². The van der Waals surface area contributed by atoms with Crippen molar-refractivity contribution in [2.45, 2.75) is 273 Å². The zero-order valence-corrected chi connectivity index (χ0v) is 44.0. The van der Waals surface area contributed by atoms with Gasteiger partial charge in [-0.2, -0.15) is 0 Å². The molecule has 0 heterocycles. The molecule has 0 radical (unpaired) electrons. The number of carbonyl (C=O) groups is 6. The Hall–Kier alpha value is -2.13. The van der Waals surface area contributed by atoms with Crippen LogP contribution in [0.2, 0.25) is 0 Å².